The molecule has 31 heavy (non-hydrogen) atoms. The smallest absolute Gasteiger partial charge is 0.331 e. The zero-order chi connectivity index (χ0) is 21.9. The van der Waals surface area contributed by atoms with Crippen LogP contribution in [0.3, 0.4) is 0 Å². The van der Waals surface area contributed by atoms with Crippen molar-refractivity contribution in [2.75, 3.05) is 0 Å². The Morgan fingerprint density at radius 1 is 1.16 bits per heavy atom. The van der Waals surface area contributed by atoms with Crippen LogP contribution >= 0.6 is 0 Å². The van der Waals surface area contributed by atoms with Gasteiger partial charge < -0.3 is 14.6 Å². The number of piperidine rings is 1. The summed E-state index contributed by atoms with van der Waals surface area (Å²) in [6.07, 6.45) is 8.00. The predicted molar refractivity (Wildman–Crippen MR) is 114 cm³/mol. The lowest BCUT2D eigenvalue weighted by Crippen LogP contribution is -2.55. The van der Waals surface area contributed by atoms with Crippen molar-refractivity contribution in [1.29, 1.82) is 0 Å². The van der Waals surface area contributed by atoms with Gasteiger partial charge in [0, 0.05) is 50.0 Å². The Morgan fingerprint density at radius 3 is 2.58 bits per heavy atom. The first-order valence-corrected chi connectivity index (χ1v) is 10.5. The van der Waals surface area contributed by atoms with E-state index < -0.39 is 16.9 Å². The van der Waals surface area contributed by atoms with Crippen molar-refractivity contribution < 1.29 is 9.90 Å². The molecule has 9 nitrogen and oxygen atoms in total. The lowest BCUT2D eigenvalue weighted by molar-refractivity contribution is -0.0535. The molecule has 2 aliphatic rings. The Balaban J connectivity index is 1.42. The summed E-state index contributed by atoms with van der Waals surface area (Å²) in [6.45, 7) is 0.432. The number of hydrogen-bond donors (Lipinski definition) is 1. The third-order valence-electron chi connectivity index (χ3n) is 6.87. The second-order valence-corrected chi connectivity index (χ2v) is 8.88. The number of amides is 1. The van der Waals surface area contributed by atoms with E-state index in [1.807, 2.05) is 22.9 Å². The molecular weight excluding hydrogens is 398 g/mol. The van der Waals surface area contributed by atoms with Crippen LogP contribution in [0.2, 0.25) is 0 Å². The van der Waals surface area contributed by atoms with Gasteiger partial charge in [-0.05, 0) is 37.8 Å². The van der Waals surface area contributed by atoms with Crippen molar-refractivity contribution >= 4 is 16.8 Å². The number of carbonyl (C=O) groups is 1. The number of rotatable bonds is 3. The minimum absolute atomic E-state index is 0.0953. The Hall–Kier alpha value is -3.20. The van der Waals surface area contributed by atoms with E-state index >= 15 is 0 Å². The number of fused-ring (bicyclic) bond motifs is 3. The molecule has 3 aromatic rings. The first-order chi connectivity index (χ1) is 14.8. The molecule has 0 saturated carbocycles. The lowest BCUT2D eigenvalue weighted by atomic mass is 9.85. The molecule has 1 N–H and O–H groups in total. The highest BCUT2D eigenvalue weighted by molar-refractivity contribution is 5.93. The zero-order valence-corrected chi connectivity index (χ0v) is 17.6. The molecule has 9 heteroatoms. The summed E-state index contributed by atoms with van der Waals surface area (Å²) in [5.41, 5.74) is -0.900. The number of hydrogen-bond acceptors (Lipinski definition) is 5. The van der Waals surface area contributed by atoms with Crippen LogP contribution in [0.5, 0.6) is 0 Å². The first kappa shape index (κ1) is 19.7. The van der Waals surface area contributed by atoms with Gasteiger partial charge in [-0.2, -0.15) is 0 Å². The second-order valence-electron chi connectivity index (χ2n) is 8.88. The molecule has 2 atom stereocenters. The van der Waals surface area contributed by atoms with E-state index in [1.54, 1.807) is 17.3 Å². The summed E-state index contributed by atoms with van der Waals surface area (Å²) in [7, 11) is 2.90. The van der Waals surface area contributed by atoms with Crippen molar-refractivity contribution in [1.82, 2.24) is 23.6 Å². The van der Waals surface area contributed by atoms with Gasteiger partial charge in [0.15, 0.2) is 0 Å². The molecule has 2 aliphatic heterocycles. The van der Waals surface area contributed by atoms with Crippen LogP contribution in [0, 0.1) is 0 Å². The van der Waals surface area contributed by atoms with Gasteiger partial charge in [-0.15, -0.1) is 0 Å². The average molecular weight is 423 g/mol. The van der Waals surface area contributed by atoms with Gasteiger partial charge in [0.2, 0.25) is 0 Å². The highest BCUT2D eigenvalue weighted by Crippen LogP contribution is 2.42. The van der Waals surface area contributed by atoms with Crippen LogP contribution in [-0.4, -0.2) is 52.3 Å². The maximum Gasteiger partial charge on any atom is 0.331 e. The molecule has 1 amide bonds. The van der Waals surface area contributed by atoms with Gasteiger partial charge in [0.1, 0.15) is 5.69 Å². The van der Waals surface area contributed by atoms with Gasteiger partial charge in [0.25, 0.3) is 11.5 Å². The van der Waals surface area contributed by atoms with Gasteiger partial charge in [-0.1, -0.05) is 0 Å². The number of nitrogens with zero attached hydrogens (tertiary/aromatic N) is 5. The molecule has 2 saturated heterocycles. The molecule has 5 heterocycles. The maximum atomic E-state index is 13.3. The fourth-order valence-electron chi connectivity index (χ4n) is 5.34. The van der Waals surface area contributed by atoms with Crippen LogP contribution in [0.1, 0.15) is 36.2 Å². The first-order valence-electron chi connectivity index (χ1n) is 10.5. The van der Waals surface area contributed by atoms with Crippen LogP contribution in [-0.2, 0) is 20.6 Å². The van der Waals surface area contributed by atoms with Gasteiger partial charge in [-0.25, -0.2) is 4.79 Å². The molecule has 0 radical (unpaired) electrons. The molecule has 162 valence electrons. The standard InChI is InChI=1S/C22H25N5O4/c1-24-17(9-19(28)25(2)21(24)30)20(29)27-15-3-4-16(27)11-22(31,10-15)13-26-8-6-14-5-7-23-12-18(14)26/h5-9,12,15-16,31H,3-4,10-11,13H2,1-2H3. The highest BCUT2D eigenvalue weighted by atomic mass is 16.3. The highest BCUT2D eigenvalue weighted by Gasteiger charge is 2.50. The summed E-state index contributed by atoms with van der Waals surface area (Å²) >= 11 is 0. The Bertz CT molecular complexity index is 1290. The van der Waals surface area contributed by atoms with E-state index in [1.165, 1.54) is 24.7 Å². The SMILES string of the molecule is Cn1c(C(=O)N2C3CCC2CC(O)(Cn2ccc4ccncc42)C3)cc(=O)n(C)c1=O. The predicted octanol–water partition coefficient (Wildman–Crippen LogP) is 0.632. The second kappa shape index (κ2) is 6.91. The Kier molecular flexibility index (Phi) is 4.40. The molecule has 0 spiro atoms. The summed E-state index contributed by atoms with van der Waals surface area (Å²) < 4.78 is 4.23. The molecular formula is C22H25N5O4. The maximum absolute atomic E-state index is 13.3. The van der Waals surface area contributed by atoms with Gasteiger partial charge in [-0.3, -0.25) is 23.7 Å². The van der Waals surface area contributed by atoms with Crippen molar-refractivity contribution in [3.05, 3.63) is 63.3 Å². The summed E-state index contributed by atoms with van der Waals surface area (Å²) in [4.78, 5) is 43.7. The largest absolute Gasteiger partial charge is 0.388 e. The van der Waals surface area contributed by atoms with Crippen molar-refractivity contribution in [2.24, 2.45) is 14.1 Å². The summed E-state index contributed by atoms with van der Waals surface area (Å²) in [6, 6.07) is 4.91. The fraction of sp³-hybridized carbons (Fsp3) is 0.455. The molecule has 2 bridgehead atoms. The van der Waals surface area contributed by atoms with Crippen LogP contribution in [0.15, 0.2) is 46.4 Å². The van der Waals surface area contributed by atoms with E-state index in [-0.39, 0.29) is 23.7 Å². The van der Waals surface area contributed by atoms with Crippen LogP contribution in [0.25, 0.3) is 10.9 Å². The molecule has 5 rings (SSSR count). The fourth-order valence-corrected chi connectivity index (χ4v) is 5.34. The average Bonchev–Trinajstić information content (AvgIpc) is 3.27. The molecule has 0 aromatic carbocycles. The molecule has 2 unspecified atom stereocenters. The minimum atomic E-state index is -0.941. The number of aliphatic hydroxyl groups is 1. The Morgan fingerprint density at radius 2 is 1.87 bits per heavy atom. The third-order valence-corrected chi connectivity index (χ3v) is 6.87. The van der Waals surface area contributed by atoms with Crippen LogP contribution in [0.4, 0.5) is 0 Å². The van der Waals surface area contributed by atoms with E-state index in [4.69, 9.17) is 0 Å². The molecule has 2 fully saturated rings. The van der Waals surface area contributed by atoms with Crippen molar-refractivity contribution in [2.45, 2.75) is 49.9 Å². The normalized spacial score (nSPS) is 25.3. The number of pyridine rings is 1. The number of carbonyl (C=O) groups excluding carboxylic acids is 1. The molecule has 0 aliphatic carbocycles. The summed E-state index contributed by atoms with van der Waals surface area (Å²) in [5, 5.41) is 12.5. The van der Waals surface area contributed by atoms with Crippen LogP contribution < -0.4 is 11.2 Å². The topological polar surface area (TPSA) is 102 Å². The summed E-state index contributed by atoms with van der Waals surface area (Å²) in [5.74, 6) is -0.317. The lowest BCUT2D eigenvalue weighted by Gasteiger charge is -2.44. The van der Waals surface area contributed by atoms with E-state index in [0.717, 1.165) is 28.3 Å². The molecule has 3 aromatic heterocycles. The third kappa shape index (κ3) is 3.11. The van der Waals surface area contributed by atoms with Crippen molar-refractivity contribution in [3.63, 3.8) is 0 Å². The monoisotopic (exact) mass is 423 g/mol. The zero-order valence-electron chi connectivity index (χ0n) is 17.6. The minimum Gasteiger partial charge on any atom is -0.388 e. The quantitative estimate of drug-likeness (QED) is 0.666. The Labute approximate surface area is 178 Å². The van der Waals surface area contributed by atoms with E-state index in [0.29, 0.717) is 19.4 Å². The van der Waals surface area contributed by atoms with Gasteiger partial charge >= 0.3 is 5.69 Å². The number of aromatic nitrogens is 4. The van der Waals surface area contributed by atoms with Crippen molar-refractivity contribution in [3.8, 4) is 0 Å². The van der Waals surface area contributed by atoms with Gasteiger partial charge in [0.05, 0.1) is 23.9 Å². The van der Waals surface area contributed by atoms with E-state index in [9.17, 15) is 19.5 Å². The van der Waals surface area contributed by atoms with E-state index in [2.05, 4.69) is 4.98 Å².